The smallest absolute Gasteiger partial charge is 0.337 e. The van der Waals surface area contributed by atoms with E-state index in [9.17, 15) is 4.79 Å². The summed E-state index contributed by atoms with van der Waals surface area (Å²) in [5.41, 5.74) is 4.79. The standard InChI is InChI=1S/C13H15ClN2O2/c14-12-7-6-10(8-11(12)13(17)18)16-15-9-4-2-1-3-5-9/h6-8,16H,1-5H2,(H,17,18). The van der Waals surface area contributed by atoms with Gasteiger partial charge in [-0.05, 0) is 43.9 Å². The molecule has 0 aromatic heterocycles. The van der Waals surface area contributed by atoms with Crippen LogP contribution in [0.2, 0.25) is 5.02 Å². The molecule has 2 N–H and O–H groups in total. The molecule has 0 spiro atoms. The van der Waals surface area contributed by atoms with E-state index in [0.29, 0.717) is 5.69 Å². The Labute approximate surface area is 111 Å². The zero-order valence-electron chi connectivity index (χ0n) is 9.95. The summed E-state index contributed by atoms with van der Waals surface area (Å²) in [6.07, 6.45) is 5.67. The Balaban J connectivity index is 2.09. The number of aromatic carboxylic acids is 1. The topological polar surface area (TPSA) is 61.7 Å². The third kappa shape index (κ3) is 3.23. The molecule has 1 aromatic carbocycles. The van der Waals surface area contributed by atoms with Crippen molar-refractivity contribution in [2.45, 2.75) is 32.1 Å². The lowest BCUT2D eigenvalue weighted by Crippen LogP contribution is -2.07. The number of hydrogen-bond acceptors (Lipinski definition) is 3. The minimum absolute atomic E-state index is 0.0884. The van der Waals surface area contributed by atoms with Crippen LogP contribution in [0.25, 0.3) is 0 Å². The van der Waals surface area contributed by atoms with E-state index in [1.165, 1.54) is 25.3 Å². The van der Waals surface area contributed by atoms with Crippen LogP contribution in [0.15, 0.2) is 23.3 Å². The van der Waals surface area contributed by atoms with Crippen molar-refractivity contribution in [3.05, 3.63) is 28.8 Å². The van der Waals surface area contributed by atoms with Crippen LogP contribution in [0.4, 0.5) is 5.69 Å². The molecule has 0 bridgehead atoms. The third-order valence-electron chi connectivity index (χ3n) is 2.97. The van der Waals surface area contributed by atoms with E-state index in [1.54, 1.807) is 12.1 Å². The van der Waals surface area contributed by atoms with Crippen molar-refractivity contribution in [2.24, 2.45) is 5.10 Å². The fraction of sp³-hybridized carbons (Fsp3) is 0.385. The van der Waals surface area contributed by atoms with Gasteiger partial charge < -0.3 is 5.11 Å². The Morgan fingerprint density at radius 3 is 2.67 bits per heavy atom. The lowest BCUT2D eigenvalue weighted by Gasteiger charge is -2.12. The van der Waals surface area contributed by atoms with Crippen molar-refractivity contribution >= 4 is 29.0 Å². The molecule has 0 radical (unpaired) electrons. The maximum absolute atomic E-state index is 10.9. The van der Waals surface area contributed by atoms with Crippen LogP contribution in [0.3, 0.4) is 0 Å². The Morgan fingerprint density at radius 1 is 1.28 bits per heavy atom. The molecule has 0 saturated heterocycles. The van der Waals surface area contributed by atoms with Gasteiger partial charge in [0.15, 0.2) is 0 Å². The van der Waals surface area contributed by atoms with Crippen LogP contribution in [0, 0.1) is 0 Å². The molecule has 1 aromatic rings. The molecule has 96 valence electrons. The summed E-state index contributed by atoms with van der Waals surface area (Å²) in [4.78, 5) is 10.9. The second-order valence-corrected chi connectivity index (χ2v) is 4.76. The fourth-order valence-corrected chi connectivity index (χ4v) is 2.17. The number of nitrogens with zero attached hydrogens (tertiary/aromatic N) is 1. The van der Waals surface area contributed by atoms with Gasteiger partial charge in [-0.15, -0.1) is 0 Å². The predicted octanol–water partition coefficient (Wildman–Crippen LogP) is 3.77. The monoisotopic (exact) mass is 266 g/mol. The molecule has 2 rings (SSSR count). The van der Waals surface area contributed by atoms with E-state index in [0.717, 1.165) is 18.6 Å². The van der Waals surface area contributed by atoms with Crippen LogP contribution < -0.4 is 5.43 Å². The third-order valence-corrected chi connectivity index (χ3v) is 3.30. The number of carboxylic acid groups (broad SMARTS) is 1. The predicted molar refractivity (Wildman–Crippen MR) is 72.6 cm³/mol. The van der Waals surface area contributed by atoms with Gasteiger partial charge in [-0.1, -0.05) is 18.0 Å². The van der Waals surface area contributed by atoms with Crippen molar-refractivity contribution in [2.75, 3.05) is 5.43 Å². The van der Waals surface area contributed by atoms with Crippen LogP contribution >= 0.6 is 11.6 Å². The maximum atomic E-state index is 10.9. The number of nitrogens with one attached hydrogen (secondary N) is 1. The van der Waals surface area contributed by atoms with Crippen molar-refractivity contribution in [1.82, 2.24) is 0 Å². The van der Waals surface area contributed by atoms with E-state index in [4.69, 9.17) is 16.7 Å². The van der Waals surface area contributed by atoms with Crippen molar-refractivity contribution < 1.29 is 9.90 Å². The van der Waals surface area contributed by atoms with Gasteiger partial charge >= 0.3 is 5.97 Å². The number of halogens is 1. The summed E-state index contributed by atoms with van der Waals surface area (Å²) < 4.78 is 0. The van der Waals surface area contributed by atoms with Crippen LogP contribution in [0.1, 0.15) is 42.5 Å². The van der Waals surface area contributed by atoms with Gasteiger partial charge in [0.25, 0.3) is 0 Å². The van der Waals surface area contributed by atoms with Gasteiger partial charge in [0, 0.05) is 5.71 Å². The van der Waals surface area contributed by atoms with E-state index in [-0.39, 0.29) is 10.6 Å². The molecule has 0 unspecified atom stereocenters. The quantitative estimate of drug-likeness (QED) is 0.819. The average Bonchev–Trinajstić information content (AvgIpc) is 2.38. The Bertz CT molecular complexity index is 478. The molecule has 1 aliphatic carbocycles. The molecule has 4 nitrogen and oxygen atoms in total. The van der Waals surface area contributed by atoms with E-state index in [2.05, 4.69) is 10.5 Å². The summed E-state index contributed by atoms with van der Waals surface area (Å²) in [6.45, 7) is 0. The first-order valence-electron chi connectivity index (χ1n) is 6.01. The minimum Gasteiger partial charge on any atom is -0.478 e. The summed E-state index contributed by atoms with van der Waals surface area (Å²) in [6, 6.07) is 4.79. The Kier molecular flexibility index (Phi) is 4.20. The highest BCUT2D eigenvalue weighted by atomic mass is 35.5. The van der Waals surface area contributed by atoms with E-state index < -0.39 is 5.97 Å². The molecule has 1 fully saturated rings. The van der Waals surface area contributed by atoms with E-state index in [1.807, 2.05) is 0 Å². The summed E-state index contributed by atoms with van der Waals surface area (Å²) in [5.74, 6) is -1.03. The summed E-state index contributed by atoms with van der Waals surface area (Å²) in [7, 11) is 0. The van der Waals surface area contributed by atoms with Gasteiger partial charge in [-0.3, -0.25) is 5.43 Å². The van der Waals surface area contributed by atoms with Crippen LogP contribution in [-0.4, -0.2) is 16.8 Å². The number of hydrazone groups is 1. The molecule has 18 heavy (non-hydrogen) atoms. The van der Waals surface area contributed by atoms with Crippen LogP contribution in [-0.2, 0) is 0 Å². The number of benzene rings is 1. The van der Waals surface area contributed by atoms with Gasteiger partial charge in [0.2, 0.25) is 0 Å². The highest BCUT2D eigenvalue weighted by Crippen LogP contribution is 2.21. The molecule has 1 saturated carbocycles. The minimum atomic E-state index is -1.03. The number of rotatable bonds is 3. The van der Waals surface area contributed by atoms with Gasteiger partial charge in [-0.25, -0.2) is 4.79 Å². The molecular formula is C13H15ClN2O2. The van der Waals surface area contributed by atoms with E-state index >= 15 is 0 Å². The largest absolute Gasteiger partial charge is 0.478 e. The van der Waals surface area contributed by atoms with Gasteiger partial charge in [0.05, 0.1) is 16.3 Å². The molecule has 0 aliphatic heterocycles. The second kappa shape index (κ2) is 5.87. The average molecular weight is 267 g/mol. The lowest BCUT2D eigenvalue weighted by atomic mass is 9.99. The first kappa shape index (κ1) is 12.9. The molecule has 0 atom stereocenters. The summed E-state index contributed by atoms with van der Waals surface area (Å²) in [5, 5.41) is 13.5. The fourth-order valence-electron chi connectivity index (χ4n) is 1.97. The highest BCUT2D eigenvalue weighted by molar-refractivity contribution is 6.33. The second-order valence-electron chi connectivity index (χ2n) is 4.35. The number of carboxylic acids is 1. The SMILES string of the molecule is O=C(O)c1cc(NN=C2CCCCC2)ccc1Cl. The molecular weight excluding hydrogens is 252 g/mol. The molecule has 5 heteroatoms. The van der Waals surface area contributed by atoms with Gasteiger partial charge in [-0.2, -0.15) is 5.10 Å². The Morgan fingerprint density at radius 2 is 2.00 bits per heavy atom. The number of anilines is 1. The zero-order valence-corrected chi connectivity index (χ0v) is 10.7. The highest BCUT2D eigenvalue weighted by Gasteiger charge is 2.10. The summed E-state index contributed by atoms with van der Waals surface area (Å²) >= 11 is 5.80. The van der Waals surface area contributed by atoms with Crippen LogP contribution in [0.5, 0.6) is 0 Å². The van der Waals surface area contributed by atoms with Gasteiger partial charge in [0.1, 0.15) is 0 Å². The molecule has 1 aliphatic rings. The Hall–Kier alpha value is -1.55. The first-order valence-corrected chi connectivity index (χ1v) is 6.39. The zero-order chi connectivity index (χ0) is 13.0. The molecule has 0 heterocycles. The maximum Gasteiger partial charge on any atom is 0.337 e. The molecule has 0 amide bonds. The van der Waals surface area contributed by atoms with Crippen molar-refractivity contribution in [3.63, 3.8) is 0 Å². The lowest BCUT2D eigenvalue weighted by molar-refractivity contribution is 0.0697. The van der Waals surface area contributed by atoms with Crippen molar-refractivity contribution in [3.8, 4) is 0 Å². The number of carbonyl (C=O) groups is 1. The number of hydrogen-bond donors (Lipinski definition) is 2. The first-order chi connectivity index (χ1) is 8.66. The van der Waals surface area contributed by atoms with Crippen molar-refractivity contribution in [1.29, 1.82) is 0 Å². The normalized spacial score (nSPS) is 15.3.